The fourth-order valence-corrected chi connectivity index (χ4v) is 7.37. The number of aliphatic hydroxyl groups excluding tert-OH is 3. The van der Waals surface area contributed by atoms with Gasteiger partial charge in [-0.15, -0.1) is 0 Å². The molecule has 0 radical (unpaired) electrons. The number of carbonyl (C=O) groups excluding carboxylic acids is 10. The SMILES string of the molecule is CC[C@H](C)[C@H](NC(=O)CNC(=O)[C@H](CO)NC(=O)C[C@H](NC(=O)[C@H](CC(C)C)NC(=O)[C@@H](NC(=O)[C@@H](N)[C@@H](C)O)C(C)C)C(=O)O)C(=O)N[C@@H](CO)C(=O)N[C@@H](CCC(=O)O)C(=O)N[C@H](C(=O)N[C@@H](CCCN=C(N)N)C(=O)O)C(C)C. The molecule has 33 heteroatoms. The van der Waals surface area contributed by atoms with Crippen LogP contribution in [0.4, 0.5) is 0 Å². The van der Waals surface area contributed by atoms with Gasteiger partial charge in [0.25, 0.3) is 0 Å². The van der Waals surface area contributed by atoms with Crippen LogP contribution in [0.5, 0.6) is 0 Å². The maximum Gasteiger partial charge on any atom is 0.326 e. The number of nitrogens with zero attached hydrogens (tertiary/aromatic N) is 1. The minimum Gasteiger partial charge on any atom is -0.481 e. The minimum atomic E-state index is -1.96. The first-order valence-electron chi connectivity index (χ1n) is 26.5. The van der Waals surface area contributed by atoms with E-state index in [0.29, 0.717) is 0 Å². The number of hydrogen-bond donors (Lipinski definition) is 19. The van der Waals surface area contributed by atoms with Crippen LogP contribution >= 0.6 is 0 Å². The summed E-state index contributed by atoms with van der Waals surface area (Å²) in [7, 11) is 0. The van der Waals surface area contributed by atoms with Gasteiger partial charge in [-0.05, 0) is 56.3 Å². The van der Waals surface area contributed by atoms with Gasteiger partial charge in [0.1, 0.15) is 60.4 Å². The summed E-state index contributed by atoms with van der Waals surface area (Å²) in [6.45, 7) is 11.0. The van der Waals surface area contributed by atoms with Crippen molar-refractivity contribution in [2.45, 2.75) is 174 Å². The summed E-state index contributed by atoms with van der Waals surface area (Å²) in [5.74, 6) is -17.4. The van der Waals surface area contributed by atoms with Crippen LogP contribution in [0.25, 0.3) is 0 Å². The zero-order valence-electron chi connectivity index (χ0n) is 47.6. The van der Waals surface area contributed by atoms with Gasteiger partial charge in [0, 0.05) is 13.0 Å². The Bertz CT molecular complexity index is 2250. The van der Waals surface area contributed by atoms with Crippen molar-refractivity contribution in [3.05, 3.63) is 0 Å². The van der Waals surface area contributed by atoms with Crippen LogP contribution in [-0.2, 0) is 62.3 Å². The Hall–Kier alpha value is -7.78. The molecule has 0 spiro atoms. The first-order chi connectivity index (χ1) is 38.1. The number of guanidine groups is 1. The van der Waals surface area contributed by atoms with Crippen molar-refractivity contribution >= 4 is 82.9 Å². The second kappa shape index (κ2) is 37.3. The van der Waals surface area contributed by atoms with E-state index in [4.69, 9.17) is 17.2 Å². The molecule has 82 heavy (non-hydrogen) atoms. The number of aliphatic carboxylic acids is 3. The highest BCUT2D eigenvalue weighted by Crippen LogP contribution is 2.12. The lowest BCUT2D eigenvalue weighted by molar-refractivity contribution is -0.144. The lowest BCUT2D eigenvalue weighted by atomic mass is 9.97. The minimum absolute atomic E-state index is 0.0382. The molecule has 0 bridgehead atoms. The van der Waals surface area contributed by atoms with E-state index < -0.39 is 200 Å². The van der Waals surface area contributed by atoms with Crippen molar-refractivity contribution < 1.29 is 93.0 Å². The average Bonchev–Trinajstić information content (AvgIpc) is 3.38. The number of aliphatic imine (C=N–C) groups is 1. The van der Waals surface area contributed by atoms with Gasteiger partial charge in [0.05, 0.1) is 32.3 Å². The van der Waals surface area contributed by atoms with Crippen LogP contribution in [-0.4, -0.2) is 206 Å². The van der Waals surface area contributed by atoms with E-state index in [9.17, 15) is 93.0 Å². The normalized spacial score (nSPS) is 15.6. The number of nitrogens with two attached hydrogens (primary N) is 3. The number of aliphatic hydroxyl groups is 3. The summed E-state index contributed by atoms with van der Waals surface area (Å²) >= 11 is 0. The lowest BCUT2D eigenvalue weighted by Crippen LogP contribution is -2.61. The highest BCUT2D eigenvalue weighted by molar-refractivity contribution is 5.98. The molecule has 10 amide bonds. The third kappa shape index (κ3) is 27.6. The highest BCUT2D eigenvalue weighted by atomic mass is 16.4. The van der Waals surface area contributed by atoms with Crippen molar-refractivity contribution in [3.8, 4) is 0 Å². The molecule has 466 valence electrons. The maximum atomic E-state index is 13.6. The lowest BCUT2D eigenvalue weighted by Gasteiger charge is -2.28. The first-order valence-corrected chi connectivity index (χ1v) is 26.5. The molecule has 22 N–H and O–H groups in total. The van der Waals surface area contributed by atoms with Crippen molar-refractivity contribution in [1.82, 2.24) is 53.2 Å². The van der Waals surface area contributed by atoms with Crippen molar-refractivity contribution in [3.63, 3.8) is 0 Å². The third-order valence-electron chi connectivity index (χ3n) is 12.4. The van der Waals surface area contributed by atoms with E-state index in [1.54, 1.807) is 34.6 Å². The molecule has 0 aromatic heterocycles. The van der Waals surface area contributed by atoms with Gasteiger partial charge in [-0.1, -0.05) is 61.8 Å². The molecule has 12 atom stereocenters. The van der Waals surface area contributed by atoms with E-state index >= 15 is 0 Å². The Morgan fingerprint density at radius 1 is 0.500 bits per heavy atom. The van der Waals surface area contributed by atoms with Gasteiger partial charge in [0.15, 0.2) is 5.96 Å². The first kappa shape index (κ1) is 74.2. The Morgan fingerprint density at radius 2 is 0.951 bits per heavy atom. The number of rotatable bonds is 39. The summed E-state index contributed by atoms with van der Waals surface area (Å²) in [6.07, 6.45) is -3.31. The van der Waals surface area contributed by atoms with Crippen LogP contribution in [0, 0.1) is 23.7 Å². The summed E-state index contributed by atoms with van der Waals surface area (Å²) in [5.41, 5.74) is 16.3. The molecule has 0 aliphatic heterocycles. The second-order valence-electron chi connectivity index (χ2n) is 20.6. The highest BCUT2D eigenvalue weighted by Gasteiger charge is 2.37. The molecule has 0 heterocycles. The van der Waals surface area contributed by atoms with Gasteiger partial charge in [0.2, 0.25) is 59.1 Å². The number of carboxylic acids is 3. The Balaban J connectivity index is 6.03. The molecular weight excluding hydrogens is 1090 g/mol. The monoisotopic (exact) mass is 1170 g/mol. The summed E-state index contributed by atoms with van der Waals surface area (Å²) in [4.78, 5) is 172. The Kier molecular flexibility index (Phi) is 33.7. The molecule has 33 nitrogen and oxygen atoms in total. The van der Waals surface area contributed by atoms with Gasteiger partial charge in [-0.2, -0.15) is 0 Å². The van der Waals surface area contributed by atoms with Gasteiger partial charge < -0.3 is 101 Å². The quantitative estimate of drug-likeness (QED) is 0.0154. The van der Waals surface area contributed by atoms with Crippen LogP contribution in [0.15, 0.2) is 4.99 Å². The van der Waals surface area contributed by atoms with E-state index in [-0.39, 0.29) is 44.1 Å². The number of carbonyl (C=O) groups is 13. The molecular formula is C49H86N14O19. The predicted molar refractivity (Wildman–Crippen MR) is 289 cm³/mol. The fraction of sp³-hybridized carbons (Fsp3) is 0.714. The molecule has 0 aromatic carbocycles. The van der Waals surface area contributed by atoms with E-state index in [1.165, 1.54) is 27.7 Å². The largest absolute Gasteiger partial charge is 0.481 e. The molecule has 0 aliphatic rings. The predicted octanol–water partition coefficient (Wildman–Crippen LogP) is -6.96. The number of amides is 10. The van der Waals surface area contributed by atoms with Gasteiger partial charge >= 0.3 is 17.9 Å². The van der Waals surface area contributed by atoms with Crippen LogP contribution < -0.4 is 70.4 Å². The zero-order valence-corrected chi connectivity index (χ0v) is 47.6. The summed E-state index contributed by atoms with van der Waals surface area (Å²) < 4.78 is 0. The number of nitrogens with one attached hydrogen (secondary N) is 10. The zero-order chi connectivity index (χ0) is 63.3. The van der Waals surface area contributed by atoms with Crippen LogP contribution in [0.3, 0.4) is 0 Å². The van der Waals surface area contributed by atoms with E-state index in [0.717, 1.165) is 0 Å². The van der Waals surface area contributed by atoms with Crippen molar-refractivity contribution in [2.75, 3.05) is 26.3 Å². The molecule has 0 aliphatic carbocycles. The molecule has 0 saturated heterocycles. The molecule has 0 fully saturated rings. The average molecular weight is 1180 g/mol. The third-order valence-corrected chi connectivity index (χ3v) is 12.4. The number of hydrogen-bond acceptors (Lipinski definition) is 18. The van der Waals surface area contributed by atoms with Crippen molar-refractivity contribution in [2.24, 2.45) is 45.9 Å². The Labute approximate surface area is 474 Å². The van der Waals surface area contributed by atoms with Crippen molar-refractivity contribution in [1.29, 1.82) is 0 Å². The van der Waals surface area contributed by atoms with Gasteiger partial charge in [-0.3, -0.25) is 57.7 Å². The standard InChI is InChI=1S/C49H86N14O19/c1-10-24(8)38(46(78)60-31(20-65)42(74)56-26(13-14-34(69)70)40(72)62-36(22(4)5)44(76)57-27(47(79)80)12-11-15-53-49(51)52)61-33(68)18-54-39(71)30(19-64)55-32(67)17-29(48(81)82)59-41(73)28(16-21(2)3)58-45(77)37(23(6)7)63-43(75)35(50)25(9)66/h21-31,35-38,64-66H,10-20,50H2,1-9H3,(H,54,71)(H,55,67)(H,56,74)(H,57,76)(H,58,77)(H,59,73)(H,60,78)(H,61,68)(H,62,72)(H,63,75)(H,69,70)(H,79,80)(H,81,82)(H4,51,52,53)/t24-,25+,26-,27-,28-,29-,30-,31-,35-,36-,37-,38-/m0/s1. The smallest absolute Gasteiger partial charge is 0.326 e. The fourth-order valence-electron chi connectivity index (χ4n) is 7.37. The van der Waals surface area contributed by atoms with Crippen LogP contribution in [0.2, 0.25) is 0 Å². The molecule has 0 rings (SSSR count). The van der Waals surface area contributed by atoms with Gasteiger partial charge in [-0.25, -0.2) is 9.59 Å². The molecule has 0 unspecified atom stereocenters. The summed E-state index contributed by atoms with van der Waals surface area (Å²) in [5, 5.41) is 81.7. The maximum absolute atomic E-state index is 13.6. The number of carboxylic acid groups (broad SMARTS) is 3. The van der Waals surface area contributed by atoms with E-state index in [2.05, 4.69) is 58.2 Å². The summed E-state index contributed by atoms with van der Waals surface area (Å²) in [6, 6.07) is -15.7. The topological polar surface area (TPSA) is 554 Å². The van der Waals surface area contributed by atoms with Crippen LogP contribution in [0.1, 0.15) is 107 Å². The second-order valence-corrected chi connectivity index (χ2v) is 20.6. The van der Waals surface area contributed by atoms with E-state index in [1.807, 2.05) is 0 Å². The Morgan fingerprint density at radius 3 is 1.41 bits per heavy atom. The molecule has 0 saturated carbocycles. The molecule has 0 aromatic rings.